The number of carbonyl (C=O) groups excluding carboxylic acids is 2. The molecule has 2 N–H and O–H groups in total. The Hall–Kier alpha value is -2.87. The van der Waals surface area contributed by atoms with Crippen molar-refractivity contribution in [3.05, 3.63) is 59.2 Å². The molecule has 0 spiro atoms. The first-order chi connectivity index (χ1) is 12.8. The highest BCUT2D eigenvalue weighted by Gasteiger charge is 2.12. The van der Waals surface area contributed by atoms with E-state index in [1.165, 1.54) is 24.3 Å². The van der Waals surface area contributed by atoms with Gasteiger partial charge in [0.1, 0.15) is 0 Å². The third-order valence-corrected chi connectivity index (χ3v) is 5.09. The number of nitrogens with one attached hydrogen (secondary N) is 2. The summed E-state index contributed by atoms with van der Waals surface area (Å²) in [5.74, 6) is -0.786. The molecule has 0 atom stereocenters. The van der Waals surface area contributed by atoms with Crippen LogP contribution in [0.3, 0.4) is 0 Å². The summed E-state index contributed by atoms with van der Waals surface area (Å²) in [6.07, 6.45) is 0. The maximum absolute atomic E-state index is 12.4. The van der Waals surface area contributed by atoms with Gasteiger partial charge in [0.05, 0.1) is 17.9 Å². The fourth-order valence-corrected chi connectivity index (χ4v) is 2.92. The zero-order valence-electron chi connectivity index (χ0n) is 15.4. The summed E-state index contributed by atoms with van der Waals surface area (Å²) >= 11 is 0. The van der Waals surface area contributed by atoms with Gasteiger partial charge in [-0.2, -0.15) is 0 Å². The van der Waals surface area contributed by atoms with E-state index in [1.807, 2.05) is 0 Å². The van der Waals surface area contributed by atoms with Crippen molar-refractivity contribution in [2.75, 3.05) is 22.4 Å². The molecule has 0 aromatic heterocycles. The molecule has 0 aliphatic rings. The number of sulfonamides is 1. The number of ether oxygens (including phenoxy) is 1. The molecule has 8 heteroatoms. The number of hydrogen-bond donors (Lipinski definition) is 2. The van der Waals surface area contributed by atoms with Crippen LogP contribution < -0.4 is 10.0 Å². The second-order valence-electron chi connectivity index (χ2n) is 5.79. The molecule has 0 radical (unpaired) electrons. The minimum atomic E-state index is -3.36. The van der Waals surface area contributed by atoms with Gasteiger partial charge in [0.2, 0.25) is 10.0 Å². The predicted octanol–water partition coefficient (Wildman–Crippen LogP) is 3.19. The largest absolute Gasteiger partial charge is 0.462 e. The summed E-state index contributed by atoms with van der Waals surface area (Å²) in [6, 6.07) is 11.0. The highest BCUT2D eigenvalue weighted by atomic mass is 32.2. The number of rotatable bonds is 7. The fraction of sp³-hybridized carbons (Fsp3) is 0.263. The number of hydrogen-bond acceptors (Lipinski definition) is 5. The summed E-state index contributed by atoms with van der Waals surface area (Å²) in [5.41, 5.74) is 2.48. The normalized spacial score (nSPS) is 10.9. The molecule has 7 nitrogen and oxygen atoms in total. The first kappa shape index (κ1) is 20.4. The maximum atomic E-state index is 12.4. The lowest BCUT2D eigenvalue weighted by atomic mass is 10.1. The molecule has 0 heterocycles. The lowest BCUT2D eigenvalue weighted by Crippen LogP contribution is -2.15. The van der Waals surface area contributed by atoms with Crippen molar-refractivity contribution in [2.24, 2.45) is 0 Å². The highest BCUT2D eigenvalue weighted by molar-refractivity contribution is 7.92. The van der Waals surface area contributed by atoms with Gasteiger partial charge in [-0.1, -0.05) is 0 Å². The van der Waals surface area contributed by atoms with E-state index in [2.05, 4.69) is 10.0 Å². The van der Waals surface area contributed by atoms with E-state index in [0.717, 1.165) is 5.56 Å². The van der Waals surface area contributed by atoms with Crippen molar-refractivity contribution < 1.29 is 22.7 Å². The lowest BCUT2D eigenvalue weighted by molar-refractivity contribution is 0.0526. The van der Waals surface area contributed by atoms with Crippen molar-refractivity contribution in [1.29, 1.82) is 0 Å². The van der Waals surface area contributed by atoms with Crippen molar-refractivity contribution in [2.45, 2.75) is 20.8 Å². The fourth-order valence-electron chi connectivity index (χ4n) is 2.28. The second kappa shape index (κ2) is 8.68. The van der Waals surface area contributed by atoms with E-state index in [-0.39, 0.29) is 11.7 Å². The van der Waals surface area contributed by atoms with E-state index in [0.29, 0.717) is 29.1 Å². The van der Waals surface area contributed by atoms with Gasteiger partial charge in [0, 0.05) is 16.9 Å². The Labute approximate surface area is 158 Å². The summed E-state index contributed by atoms with van der Waals surface area (Å²) in [5, 5.41) is 2.77. The van der Waals surface area contributed by atoms with Crippen LogP contribution in [0, 0.1) is 6.92 Å². The van der Waals surface area contributed by atoms with Crippen LogP contribution in [-0.4, -0.2) is 32.7 Å². The monoisotopic (exact) mass is 390 g/mol. The molecule has 0 saturated carbocycles. The van der Waals surface area contributed by atoms with Crippen molar-refractivity contribution in [3.63, 3.8) is 0 Å². The Bertz CT molecular complexity index is 937. The topological polar surface area (TPSA) is 102 Å². The number of amides is 1. The zero-order chi connectivity index (χ0) is 20.0. The van der Waals surface area contributed by atoms with E-state index in [9.17, 15) is 18.0 Å². The first-order valence-corrected chi connectivity index (χ1v) is 10.1. The van der Waals surface area contributed by atoms with Crippen molar-refractivity contribution >= 4 is 33.3 Å². The van der Waals surface area contributed by atoms with Gasteiger partial charge in [-0.15, -0.1) is 0 Å². The van der Waals surface area contributed by atoms with Crippen LogP contribution in [0.15, 0.2) is 42.5 Å². The summed E-state index contributed by atoms with van der Waals surface area (Å²) in [7, 11) is -3.36. The standard InChI is InChI=1S/C19H22N2O5S/c1-4-26-19(23)15-8-11-17(13(3)12-15)20-18(22)14-6-9-16(10-7-14)21-27(24,25)5-2/h6-12,21H,4-5H2,1-3H3,(H,20,22). The average molecular weight is 390 g/mol. The van der Waals surface area contributed by atoms with Crippen LogP contribution in [0.1, 0.15) is 40.1 Å². The van der Waals surface area contributed by atoms with Gasteiger partial charge < -0.3 is 10.1 Å². The number of carbonyl (C=O) groups is 2. The smallest absolute Gasteiger partial charge is 0.338 e. The molecule has 0 unspecified atom stereocenters. The molecule has 0 bridgehead atoms. The van der Waals surface area contributed by atoms with Crippen LogP contribution >= 0.6 is 0 Å². The minimum Gasteiger partial charge on any atom is -0.462 e. The average Bonchev–Trinajstić information content (AvgIpc) is 2.63. The highest BCUT2D eigenvalue weighted by Crippen LogP contribution is 2.19. The minimum absolute atomic E-state index is 0.0314. The molecular formula is C19H22N2O5S. The predicted molar refractivity (Wildman–Crippen MR) is 105 cm³/mol. The Morgan fingerprint density at radius 2 is 1.63 bits per heavy atom. The van der Waals surface area contributed by atoms with E-state index >= 15 is 0 Å². The number of benzene rings is 2. The quantitative estimate of drug-likeness (QED) is 0.707. The van der Waals surface area contributed by atoms with Crippen LogP contribution in [0.4, 0.5) is 11.4 Å². The summed E-state index contributed by atoms with van der Waals surface area (Å²) in [4.78, 5) is 24.1. The van der Waals surface area contributed by atoms with Gasteiger partial charge >= 0.3 is 5.97 Å². The van der Waals surface area contributed by atoms with E-state index in [4.69, 9.17) is 4.74 Å². The molecule has 144 valence electrons. The third kappa shape index (κ3) is 5.55. The van der Waals surface area contributed by atoms with Crippen molar-refractivity contribution in [1.82, 2.24) is 0 Å². The van der Waals surface area contributed by atoms with E-state index < -0.39 is 16.0 Å². The molecule has 1 amide bonds. The van der Waals surface area contributed by atoms with Crippen LogP contribution in [0.25, 0.3) is 0 Å². The molecule has 2 aromatic rings. The molecule has 2 aromatic carbocycles. The Balaban J connectivity index is 2.10. The lowest BCUT2D eigenvalue weighted by Gasteiger charge is -2.11. The Kier molecular flexibility index (Phi) is 6.57. The summed E-state index contributed by atoms with van der Waals surface area (Å²) < 4.78 is 30.5. The molecule has 0 saturated heterocycles. The Morgan fingerprint density at radius 3 is 2.19 bits per heavy atom. The maximum Gasteiger partial charge on any atom is 0.338 e. The first-order valence-electron chi connectivity index (χ1n) is 8.45. The number of anilines is 2. The van der Waals surface area contributed by atoms with Crippen molar-refractivity contribution in [3.8, 4) is 0 Å². The molecule has 0 fully saturated rings. The third-order valence-electron chi connectivity index (χ3n) is 3.79. The molecular weight excluding hydrogens is 368 g/mol. The van der Waals surface area contributed by atoms with Gasteiger partial charge in [0.25, 0.3) is 5.91 Å². The van der Waals surface area contributed by atoms with Gasteiger partial charge in [0.15, 0.2) is 0 Å². The Morgan fingerprint density at radius 1 is 1.00 bits per heavy atom. The van der Waals surface area contributed by atoms with Gasteiger partial charge in [-0.05, 0) is 68.8 Å². The number of aryl methyl sites for hydroxylation is 1. The molecule has 2 rings (SSSR count). The number of esters is 1. The molecule has 0 aliphatic carbocycles. The summed E-state index contributed by atoms with van der Waals surface area (Å²) in [6.45, 7) is 5.35. The molecule has 27 heavy (non-hydrogen) atoms. The molecule has 0 aliphatic heterocycles. The second-order valence-corrected chi connectivity index (χ2v) is 7.80. The van der Waals surface area contributed by atoms with Crippen LogP contribution in [0.2, 0.25) is 0 Å². The van der Waals surface area contributed by atoms with Gasteiger partial charge in [-0.25, -0.2) is 13.2 Å². The van der Waals surface area contributed by atoms with Crippen LogP contribution in [-0.2, 0) is 14.8 Å². The zero-order valence-corrected chi connectivity index (χ0v) is 16.2. The van der Waals surface area contributed by atoms with Gasteiger partial charge in [-0.3, -0.25) is 9.52 Å². The van der Waals surface area contributed by atoms with E-state index in [1.54, 1.807) is 39.0 Å². The SMILES string of the molecule is CCOC(=O)c1ccc(NC(=O)c2ccc(NS(=O)(=O)CC)cc2)c(C)c1. The van der Waals surface area contributed by atoms with Crippen LogP contribution in [0.5, 0.6) is 0 Å².